The molecule has 4 heteroatoms. The first-order chi connectivity index (χ1) is 9.26. The Kier molecular flexibility index (Phi) is 5.93. The minimum absolute atomic E-state index is 0.0305. The molecule has 0 saturated heterocycles. The Morgan fingerprint density at radius 1 is 1.40 bits per heavy atom. The lowest BCUT2D eigenvalue weighted by Crippen LogP contribution is -2.35. The highest BCUT2D eigenvalue weighted by Gasteiger charge is 2.18. The number of nitrogens with one attached hydrogen (secondary N) is 1. The molecule has 1 atom stereocenters. The number of rotatable bonds is 6. The Morgan fingerprint density at radius 2 is 2.05 bits per heavy atom. The van der Waals surface area contributed by atoms with Gasteiger partial charge in [0.1, 0.15) is 0 Å². The Balaban J connectivity index is 2.89. The first-order valence-corrected chi connectivity index (χ1v) is 7.37. The van der Waals surface area contributed by atoms with Crippen molar-refractivity contribution in [1.82, 2.24) is 10.3 Å². The quantitative estimate of drug-likeness (QED) is 0.861. The van der Waals surface area contributed by atoms with Crippen molar-refractivity contribution in [3.63, 3.8) is 0 Å². The van der Waals surface area contributed by atoms with Gasteiger partial charge in [-0.05, 0) is 40.2 Å². The molecule has 1 unspecified atom stereocenters. The molecule has 3 nitrogen and oxygen atoms in total. The average Bonchev–Trinajstić information content (AvgIpc) is 2.36. The van der Waals surface area contributed by atoms with Gasteiger partial charge in [-0.25, -0.2) is 9.37 Å². The highest BCUT2D eigenvalue weighted by molar-refractivity contribution is 5.43. The van der Waals surface area contributed by atoms with E-state index < -0.39 is 0 Å². The summed E-state index contributed by atoms with van der Waals surface area (Å²) < 4.78 is 14.6. The van der Waals surface area contributed by atoms with E-state index in [1.165, 1.54) is 0 Å². The van der Waals surface area contributed by atoms with Gasteiger partial charge < -0.3 is 10.2 Å². The second-order valence-corrected chi connectivity index (χ2v) is 6.46. The van der Waals surface area contributed by atoms with E-state index in [9.17, 15) is 4.39 Å². The normalized spacial score (nSPS) is 13.3. The zero-order chi connectivity index (χ0) is 15.3. The van der Waals surface area contributed by atoms with Crippen molar-refractivity contribution in [2.24, 2.45) is 0 Å². The van der Waals surface area contributed by atoms with Gasteiger partial charge in [-0.2, -0.15) is 0 Å². The second kappa shape index (κ2) is 7.02. The lowest BCUT2D eigenvalue weighted by molar-refractivity contribution is 0.418. The van der Waals surface area contributed by atoms with Crippen LogP contribution in [0.4, 0.5) is 10.2 Å². The van der Waals surface area contributed by atoms with E-state index in [0.29, 0.717) is 17.9 Å². The maximum atomic E-state index is 14.6. The van der Waals surface area contributed by atoms with E-state index in [0.717, 1.165) is 12.8 Å². The van der Waals surface area contributed by atoms with Gasteiger partial charge in [0.15, 0.2) is 11.6 Å². The number of halogens is 1. The Morgan fingerprint density at radius 3 is 2.60 bits per heavy atom. The Hall–Kier alpha value is -1.16. The summed E-state index contributed by atoms with van der Waals surface area (Å²) in [5, 5.41) is 3.31. The van der Waals surface area contributed by atoms with Gasteiger partial charge in [0.25, 0.3) is 0 Å². The number of nitrogens with zero attached hydrogens (tertiary/aromatic N) is 2. The second-order valence-electron chi connectivity index (χ2n) is 6.46. The van der Waals surface area contributed by atoms with Crippen LogP contribution >= 0.6 is 0 Å². The van der Waals surface area contributed by atoms with Gasteiger partial charge in [0.05, 0.1) is 0 Å². The van der Waals surface area contributed by atoms with Crippen molar-refractivity contribution in [3.05, 3.63) is 23.6 Å². The van der Waals surface area contributed by atoms with E-state index in [-0.39, 0.29) is 17.4 Å². The van der Waals surface area contributed by atoms with Crippen LogP contribution in [0.1, 0.15) is 53.0 Å². The maximum Gasteiger partial charge on any atom is 0.170 e. The monoisotopic (exact) mass is 281 g/mol. The number of anilines is 1. The van der Waals surface area contributed by atoms with Crippen LogP contribution in [-0.2, 0) is 6.54 Å². The zero-order valence-electron chi connectivity index (χ0n) is 13.6. The van der Waals surface area contributed by atoms with Crippen LogP contribution < -0.4 is 10.2 Å². The molecular weight excluding hydrogens is 253 g/mol. The molecule has 0 aliphatic carbocycles. The van der Waals surface area contributed by atoms with Gasteiger partial charge in [0, 0.05) is 36.9 Å². The maximum absolute atomic E-state index is 14.6. The summed E-state index contributed by atoms with van der Waals surface area (Å²) in [6, 6.07) is 2.03. The zero-order valence-corrected chi connectivity index (χ0v) is 13.6. The predicted octanol–water partition coefficient (Wildman–Crippen LogP) is 3.73. The standard InChI is InChI=1S/C16H28FN3/c1-7-8-12(2)20(6)15-14(17)13(9-10-18-15)11-19-16(3,4)5/h9-10,12,19H,7-8,11H2,1-6H3. The topological polar surface area (TPSA) is 28.2 Å². The summed E-state index contributed by atoms with van der Waals surface area (Å²) in [6.07, 6.45) is 3.80. The molecule has 0 aliphatic rings. The van der Waals surface area contributed by atoms with Crippen molar-refractivity contribution in [2.45, 2.75) is 65.6 Å². The molecule has 0 aromatic carbocycles. The number of hydrogen-bond acceptors (Lipinski definition) is 3. The van der Waals surface area contributed by atoms with Crippen molar-refractivity contribution >= 4 is 5.82 Å². The molecular formula is C16H28FN3. The largest absolute Gasteiger partial charge is 0.355 e. The van der Waals surface area contributed by atoms with Crippen LogP contribution in [0.5, 0.6) is 0 Å². The first-order valence-electron chi connectivity index (χ1n) is 7.37. The molecule has 114 valence electrons. The van der Waals surface area contributed by atoms with Gasteiger partial charge in [-0.15, -0.1) is 0 Å². The number of pyridine rings is 1. The molecule has 0 bridgehead atoms. The highest BCUT2D eigenvalue weighted by Crippen LogP contribution is 2.21. The van der Waals surface area contributed by atoms with Crippen LogP contribution in [0.3, 0.4) is 0 Å². The predicted molar refractivity (Wildman–Crippen MR) is 83.6 cm³/mol. The minimum atomic E-state index is -0.213. The van der Waals surface area contributed by atoms with Gasteiger partial charge in [-0.3, -0.25) is 0 Å². The smallest absolute Gasteiger partial charge is 0.170 e. The van der Waals surface area contributed by atoms with Crippen molar-refractivity contribution in [2.75, 3.05) is 11.9 Å². The molecule has 0 fully saturated rings. The SMILES string of the molecule is CCCC(C)N(C)c1nccc(CNC(C)(C)C)c1F. The van der Waals surface area contributed by atoms with Crippen molar-refractivity contribution in [3.8, 4) is 0 Å². The lowest BCUT2D eigenvalue weighted by atomic mass is 10.1. The molecule has 1 N–H and O–H groups in total. The summed E-state index contributed by atoms with van der Waals surface area (Å²) in [6.45, 7) is 11.0. The van der Waals surface area contributed by atoms with Crippen molar-refractivity contribution in [1.29, 1.82) is 0 Å². The fraction of sp³-hybridized carbons (Fsp3) is 0.688. The van der Waals surface area contributed by atoms with Crippen LogP contribution in [-0.4, -0.2) is 23.6 Å². The summed E-state index contributed by atoms with van der Waals surface area (Å²) in [7, 11) is 1.91. The molecule has 0 aliphatic heterocycles. The van der Waals surface area contributed by atoms with Crippen LogP contribution in [0.2, 0.25) is 0 Å². The third-order valence-corrected chi connectivity index (χ3v) is 3.46. The molecule has 20 heavy (non-hydrogen) atoms. The molecule has 1 rings (SSSR count). The molecule has 1 aromatic heterocycles. The lowest BCUT2D eigenvalue weighted by Gasteiger charge is -2.27. The molecule has 0 radical (unpaired) electrons. The Bertz CT molecular complexity index is 426. The molecule has 1 aromatic rings. The summed E-state index contributed by atoms with van der Waals surface area (Å²) in [4.78, 5) is 6.14. The van der Waals surface area contributed by atoms with Crippen molar-refractivity contribution < 1.29 is 4.39 Å². The average molecular weight is 281 g/mol. The van der Waals surface area contributed by atoms with E-state index in [4.69, 9.17) is 0 Å². The highest BCUT2D eigenvalue weighted by atomic mass is 19.1. The molecule has 0 spiro atoms. The fourth-order valence-corrected chi connectivity index (χ4v) is 2.03. The fourth-order valence-electron chi connectivity index (χ4n) is 2.03. The number of hydrogen-bond donors (Lipinski definition) is 1. The van der Waals surface area contributed by atoms with Gasteiger partial charge in [-0.1, -0.05) is 13.3 Å². The first kappa shape index (κ1) is 16.9. The van der Waals surface area contributed by atoms with E-state index in [2.05, 4.69) is 44.9 Å². The molecule has 0 amide bonds. The van der Waals surface area contributed by atoms with Gasteiger partial charge in [0.2, 0.25) is 0 Å². The summed E-state index contributed by atoms with van der Waals surface area (Å²) in [5.41, 5.74) is 0.637. The van der Waals surface area contributed by atoms with E-state index >= 15 is 0 Å². The Labute approximate surface area is 122 Å². The third-order valence-electron chi connectivity index (χ3n) is 3.46. The molecule has 0 saturated carbocycles. The van der Waals surface area contributed by atoms with Crippen LogP contribution in [0.25, 0.3) is 0 Å². The van der Waals surface area contributed by atoms with Crippen LogP contribution in [0.15, 0.2) is 12.3 Å². The minimum Gasteiger partial charge on any atom is -0.355 e. The summed E-state index contributed by atoms with van der Waals surface area (Å²) in [5.74, 6) is 0.230. The van der Waals surface area contributed by atoms with E-state index in [1.54, 1.807) is 12.3 Å². The number of aromatic nitrogens is 1. The van der Waals surface area contributed by atoms with E-state index in [1.807, 2.05) is 11.9 Å². The van der Waals surface area contributed by atoms with Gasteiger partial charge >= 0.3 is 0 Å². The third kappa shape index (κ3) is 4.75. The van der Waals surface area contributed by atoms with Crippen LogP contribution in [0, 0.1) is 5.82 Å². The molecule has 1 heterocycles. The summed E-state index contributed by atoms with van der Waals surface area (Å²) >= 11 is 0.